The molecule has 0 aliphatic rings. The summed E-state index contributed by atoms with van der Waals surface area (Å²) in [6.45, 7) is 0. The van der Waals surface area contributed by atoms with Crippen LogP contribution in [0.4, 0.5) is 0 Å². The van der Waals surface area contributed by atoms with Crippen molar-refractivity contribution in [3.8, 4) is 45.5 Å². The lowest BCUT2D eigenvalue weighted by atomic mass is 9.99. The average Bonchev–Trinajstić information content (AvgIpc) is 4.04. The fourth-order valence-corrected chi connectivity index (χ4v) is 7.82. The zero-order chi connectivity index (χ0) is 47.9. The first kappa shape index (κ1) is 21.9. The molecule has 0 unspecified atom stereocenters. The van der Waals surface area contributed by atoms with E-state index in [4.69, 9.17) is 30.3 Å². The van der Waals surface area contributed by atoms with Gasteiger partial charge in [0, 0.05) is 49.0 Å². The van der Waals surface area contributed by atoms with E-state index in [1.165, 1.54) is 28.8 Å². The van der Waals surface area contributed by atoms with Crippen LogP contribution in [0.15, 0.2) is 192 Å². The van der Waals surface area contributed by atoms with Gasteiger partial charge in [0.25, 0.3) is 0 Å². The molecule has 12 aromatic rings. The number of aromatic nitrogens is 5. The Morgan fingerprint density at radius 1 is 0.421 bits per heavy atom. The van der Waals surface area contributed by atoms with Gasteiger partial charge in [0.15, 0.2) is 11.6 Å². The van der Waals surface area contributed by atoms with Crippen molar-refractivity contribution in [2.75, 3.05) is 0 Å². The van der Waals surface area contributed by atoms with Crippen molar-refractivity contribution >= 4 is 65.6 Å². The summed E-state index contributed by atoms with van der Waals surface area (Å²) in [7, 11) is 0. The van der Waals surface area contributed by atoms with Gasteiger partial charge in [-0.15, -0.1) is 0 Å². The van der Waals surface area contributed by atoms with Crippen molar-refractivity contribution in [2.45, 2.75) is 0 Å². The molecule has 0 aliphatic heterocycles. The van der Waals surface area contributed by atoms with E-state index in [1.54, 1.807) is 34.9 Å². The molecule has 0 N–H and O–H groups in total. The summed E-state index contributed by atoms with van der Waals surface area (Å²) in [6.07, 6.45) is 0. The third-order valence-corrected chi connectivity index (χ3v) is 10.3. The Kier molecular flexibility index (Phi) is 4.74. The molecular weight excluding hydrogens is 699 g/mol. The minimum atomic E-state index is -0.312. The number of nitrogens with zero attached hydrogens (tertiary/aromatic N) is 5. The molecule has 0 amide bonds. The Bertz CT molecular complexity index is 4100. The minimum absolute atomic E-state index is 0.00596. The van der Waals surface area contributed by atoms with E-state index < -0.39 is 0 Å². The van der Waals surface area contributed by atoms with E-state index in [1.807, 2.05) is 60.7 Å². The maximum atomic E-state index is 9.30. The smallest absolute Gasteiger partial charge is 0.238 e. The van der Waals surface area contributed by atoms with Gasteiger partial charge in [-0.1, -0.05) is 145 Å². The summed E-state index contributed by atoms with van der Waals surface area (Å²) in [5.74, 6) is 0.0106. The van der Waals surface area contributed by atoms with Crippen LogP contribution >= 0.6 is 0 Å². The van der Waals surface area contributed by atoms with Crippen molar-refractivity contribution in [1.29, 1.82) is 0 Å². The van der Waals surface area contributed by atoms with Gasteiger partial charge in [-0.25, -0.2) is 4.98 Å². The van der Waals surface area contributed by atoms with E-state index >= 15 is 0 Å². The SMILES string of the molecule is [2H]c1cc([2H])c2c(c1[2H])c1c([2H])c([2H])cc([2H])c1n2-c1nc(-c2ccccc2)nc(-c2cc(-c3cccc4c3oc3ccccc34)ccc2-n2c3c([2H])cc([2H])c([2H])c3c3c([2H])c([2H])cc([2H])c32)n1. The lowest BCUT2D eigenvalue weighted by molar-refractivity contribution is 0.670. The Balaban J connectivity index is 1.26. The Labute approximate surface area is 343 Å². The highest BCUT2D eigenvalue weighted by atomic mass is 16.3. The molecule has 266 valence electrons. The van der Waals surface area contributed by atoms with Crippen LogP contribution in [0.2, 0.25) is 0 Å². The zero-order valence-corrected chi connectivity index (χ0v) is 29.6. The minimum Gasteiger partial charge on any atom is -0.455 e. The molecule has 0 fully saturated rings. The van der Waals surface area contributed by atoms with Crippen LogP contribution in [-0.4, -0.2) is 24.1 Å². The second kappa shape index (κ2) is 12.3. The normalized spacial score (nSPS) is 14.8. The van der Waals surface area contributed by atoms with Crippen LogP contribution in [0.25, 0.3) is 111 Å². The molecule has 6 heteroatoms. The number of hydrogen-bond donors (Lipinski definition) is 0. The molecular formula is C51H31N5O. The van der Waals surface area contributed by atoms with Crippen LogP contribution in [0.5, 0.6) is 0 Å². The molecule has 0 saturated heterocycles. The number of rotatable bonds is 5. The maximum Gasteiger partial charge on any atom is 0.238 e. The van der Waals surface area contributed by atoms with E-state index in [0.717, 1.165) is 10.8 Å². The van der Waals surface area contributed by atoms with E-state index in [0.29, 0.717) is 27.9 Å². The van der Waals surface area contributed by atoms with E-state index in [-0.39, 0.29) is 145 Å². The predicted octanol–water partition coefficient (Wildman–Crippen LogP) is 13.0. The van der Waals surface area contributed by atoms with Gasteiger partial charge in [0.05, 0.1) is 44.2 Å². The van der Waals surface area contributed by atoms with Gasteiger partial charge < -0.3 is 8.98 Å². The second-order valence-corrected chi connectivity index (χ2v) is 13.5. The highest BCUT2D eigenvalue weighted by Gasteiger charge is 2.23. The highest BCUT2D eigenvalue weighted by Crippen LogP contribution is 2.41. The van der Waals surface area contributed by atoms with Gasteiger partial charge in [0.2, 0.25) is 5.95 Å². The highest BCUT2D eigenvalue weighted by molar-refractivity contribution is 6.12. The molecule has 0 spiro atoms. The van der Waals surface area contributed by atoms with Gasteiger partial charge >= 0.3 is 0 Å². The monoisotopic (exact) mass is 741 g/mol. The van der Waals surface area contributed by atoms with Gasteiger partial charge in [-0.2, -0.15) is 9.97 Å². The van der Waals surface area contributed by atoms with Gasteiger partial charge in [-0.3, -0.25) is 4.57 Å². The van der Waals surface area contributed by atoms with Crippen molar-refractivity contribution in [2.24, 2.45) is 0 Å². The molecule has 8 aromatic carbocycles. The van der Waals surface area contributed by atoms with Crippen LogP contribution in [0.1, 0.15) is 16.4 Å². The van der Waals surface area contributed by atoms with E-state index in [9.17, 15) is 5.48 Å². The molecule has 0 atom stereocenters. The number of para-hydroxylation sites is 6. The lowest BCUT2D eigenvalue weighted by Gasteiger charge is -2.17. The van der Waals surface area contributed by atoms with Crippen LogP contribution in [-0.2, 0) is 0 Å². The summed E-state index contributed by atoms with van der Waals surface area (Å²) in [6, 6.07) is 29.6. The van der Waals surface area contributed by atoms with Crippen molar-refractivity contribution in [3.05, 3.63) is 188 Å². The first-order chi connectivity index (χ1) is 33.2. The van der Waals surface area contributed by atoms with Crippen molar-refractivity contribution < 1.29 is 20.9 Å². The summed E-state index contributed by atoms with van der Waals surface area (Å²) in [4.78, 5) is 15.2. The molecule has 6 nitrogen and oxygen atoms in total. The zero-order valence-electron chi connectivity index (χ0n) is 41.6. The summed E-state index contributed by atoms with van der Waals surface area (Å²) in [5.41, 5.74) is 3.98. The Morgan fingerprint density at radius 3 is 1.67 bits per heavy atom. The molecule has 0 aliphatic carbocycles. The number of fused-ring (bicyclic) bond motifs is 9. The number of furan rings is 1. The first-order valence-electron chi connectivity index (χ1n) is 24.1. The Morgan fingerprint density at radius 2 is 1.00 bits per heavy atom. The van der Waals surface area contributed by atoms with Crippen LogP contribution in [0, 0.1) is 0 Å². The molecule has 57 heavy (non-hydrogen) atoms. The first-order valence-corrected chi connectivity index (χ1v) is 18.1. The maximum absolute atomic E-state index is 9.30. The van der Waals surface area contributed by atoms with Crippen LogP contribution < -0.4 is 0 Å². The van der Waals surface area contributed by atoms with Crippen molar-refractivity contribution in [3.63, 3.8) is 0 Å². The summed E-state index contributed by atoms with van der Waals surface area (Å²) >= 11 is 0. The van der Waals surface area contributed by atoms with Gasteiger partial charge in [-0.05, 0) is 47.9 Å². The van der Waals surface area contributed by atoms with Crippen LogP contribution in [0.3, 0.4) is 0 Å². The number of benzene rings is 8. The average molecular weight is 742 g/mol. The third kappa shape index (κ3) is 4.81. The fourth-order valence-electron chi connectivity index (χ4n) is 7.82. The number of hydrogen-bond acceptors (Lipinski definition) is 4. The third-order valence-electron chi connectivity index (χ3n) is 10.3. The standard InChI is InChI=1S/C51H31N5O/c1-2-15-32(16-3-1)49-52-50(54-51(53-49)56-44-26-11-6-19-37(44)38-20-7-12-27-45(38)56)41-31-33(34-22-14-23-40-39-21-8-13-28-47(39)57-48(34)40)29-30-46(41)55-42-24-9-4-17-35(42)36-18-5-10-25-43(36)55/h1-31H/i4D,5D,6D,7D,17D,18D,19D,20D,24D,25D,26D,27D. The molecule has 0 saturated carbocycles. The molecule has 0 bridgehead atoms. The second-order valence-electron chi connectivity index (χ2n) is 13.5. The molecule has 4 heterocycles. The Hall–Kier alpha value is -7.83. The summed E-state index contributed by atoms with van der Waals surface area (Å²) in [5, 5.41) is 1.90. The largest absolute Gasteiger partial charge is 0.455 e. The fraction of sp³-hybridized carbons (Fsp3) is 0. The topological polar surface area (TPSA) is 61.7 Å². The van der Waals surface area contributed by atoms with Crippen molar-refractivity contribution in [1.82, 2.24) is 24.1 Å². The molecule has 4 aromatic heterocycles. The molecule has 12 rings (SSSR count). The molecule has 0 radical (unpaired) electrons. The quantitative estimate of drug-likeness (QED) is 0.176. The van der Waals surface area contributed by atoms with Gasteiger partial charge in [0.1, 0.15) is 11.2 Å². The lowest BCUT2D eigenvalue weighted by Crippen LogP contribution is -2.08. The predicted molar refractivity (Wildman–Crippen MR) is 232 cm³/mol. The summed E-state index contributed by atoms with van der Waals surface area (Å²) < 4.78 is 117. The van der Waals surface area contributed by atoms with E-state index in [2.05, 4.69) is 0 Å².